The number of ether oxygens (including phenoxy) is 1. The lowest BCUT2D eigenvalue weighted by molar-refractivity contribution is -0.385. The first-order chi connectivity index (χ1) is 12.0. The summed E-state index contributed by atoms with van der Waals surface area (Å²) < 4.78 is 4.98. The fourth-order valence-corrected chi connectivity index (χ4v) is 2.67. The highest BCUT2D eigenvalue weighted by atomic mass is 127. The molecule has 0 saturated carbocycles. The summed E-state index contributed by atoms with van der Waals surface area (Å²) in [5.41, 5.74) is 6.42. The van der Waals surface area contributed by atoms with Crippen LogP contribution >= 0.6 is 24.0 Å². The summed E-state index contributed by atoms with van der Waals surface area (Å²) in [6.07, 6.45) is 1.18. The Morgan fingerprint density at radius 3 is 2.69 bits per heavy atom. The van der Waals surface area contributed by atoms with Gasteiger partial charge in [-0.05, 0) is 19.8 Å². The average Bonchev–Trinajstić information content (AvgIpc) is 2.61. The molecule has 0 aliphatic carbocycles. The van der Waals surface area contributed by atoms with E-state index in [0.717, 1.165) is 12.8 Å². The highest BCUT2D eigenvalue weighted by molar-refractivity contribution is 14.0. The van der Waals surface area contributed by atoms with E-state index in [0.29, 0.717) is 25.3 Å². The quantitative estimate of drug-likeness (QED) is 0.221. The molecule has 1 heterocycles. The van der Waals surface area contributed by atoms with Crippen LogP contribution in [0.5, 0.6) is 0 Å². The van der Waals surface area contributed by atoms with Crippen LogP contribution in [0.1, 0.15) is 25.3 Å². The second-order valence-corrected chi connectivity index (χ2v) is 5.69. The first kappa shape index (κ1) is 21.9. The Balaban J connectivity index is 0.00000338. The van der Waals surface area contributed by atoms with Crippen LogP contribution < -0.4 is 11.1 Å². The first-order valence-corrected chi connectivity index (χ1v) is 8.21. The molecule has 9 nitrogen and oxygen atoms in total. The molecule has 2 rings (SSSR count). The number of guanidine groups is 1. The Morgan fingerprint density at radius 1 is 1.42 bits per heavy atom. The summed E-state index contributed by atoms with van der Waals surface area (Å²) in [4.78, 5) is 28.1. The molecule has 144 valence electrons. The zero-order valence-electron chi connectivity index (χ0n) is 14.6. The predicted molar refractivity (Wildman–Crippen MR) is 109 cm³/mol. The van der Waals surface area contributed by atoms with Crippen LogP contribution in [0.15, 0.2) is 29.3 Å². The molecule has 1 aromatic rings. The van der Waals surface area contributed by atoms with Gasteiger partial charge in [-0.2, -0.15) is 0 Å². The number of nitrogens with one attached hydrogen (secondary N) is 1. The fraction of sp³-hybridized carbons (Fsp3) is 0.500. The van der Waals surface area contributed by atoms with E-state index in [4.69, 9.17) is 10.5 Å². The van der Waals surface area contributed by atoms with E-state index >= 15 is 0 Å². The number of piperidine rings is 1. The first-order valence-electron chi connectivity index (χ1n) is 8.21. The van der Waals surface area contributed by atoms with Crippen LogP contribution in [0, 0.1) is 10.1 Å². The Bertz CT molecular complexity index is 647. The lowest BCUT2D eigenvalue weighted by Gasteiger charge is -2.31. The van der Waals surface area contributed by atoms with Crippen LogP contribution in [-0.4, -0.2) is 47.6 Å². The number of rotatable bonds is 5. The molecule has 0 aromatic heterocycles. The fourth-order valence-electron chi connectivity index (χ4n) is 2.67. The molecule has 0 atom stereocenters. The minimum absolute atomic E-state index is 0. The molecular weight excluding hydrogens is 453 g/mol. The minimum Gasteiger partial charge on any atom is -0.450 e. The van der Waals surface area contributed by atoms with Crippen LogP contribution in [0.2, 0.25) is 0 Å². The number of hydrogen-bond donors (Lipinski definition) is 2. The zero-order chi connectivity index (χ0) is 18.2. The molecular formula is C16H24IN5O4. The van der Waals surface area contributed by atoms with Crippen molar-refractivity contribution in [2.24, 2.45) is 10.7 Å². The van der Waals surface area contributed by atoms with Crippen molar-refractivity contribution in [3.8, 4) is 0 Å². The predicted octanol–water partition coefficient (Wildman–Crippen LogP) is 2.24. The van der Waals surface area contributed by atoms with E-state index < -0.39 is 4.92 Å². The summed E-state index contributed by atoms with van der Waals surface area (Å²) in [5, 5.41) is 14.1. The number of nitrogens with zero attached hydrogens (tertiary/aromatic N) is 3. The lowest BCUT2D eigenvalue weighted by atomic mass is 10.1. The van der Waals surface area contributed by atoms with Crippen molar-refractivity contribution in [1.29, 1.82) is 0 Å². The smallest absolute Gasteiger partial charge is 0.409 e. The van der Waals surface area contributed by atoms with Gasteiger partial charge < -0.3 is 20.7 Å². The molecule has 0 spiro atoms. The van der Waals surface area contributed by atoms with Gasteiger partial charge in [-0.15, -0.1) is 24.0 Å². The molecule has 1 aliphatic rings. The topological polar surface area (TPSA) is 123 Å². The number of para-hydroxylation sites is 1. The monoisotopic (exact) mass is 477 g/mol. The second-order valence-electron chi connectivity index (χ2n) is 5.69. The summed E-state index contributed by atoms with van der Waals surface area (Å²) in [6, 6.07) is 6.56. The van der Waals surface area contributed by atoms with Gasteiger partial charge in [0, 0.05) is 25.2 Å². The van der Waals surface area contributed by atoms with E-state index in [1.54, 1.807) is 30.0 Å². The third-order valence-corrected chi connectivity index (χ3v) is 3.98. The van der Waals surface area contributed by atoms with Crippen molar-refractivity contribution in [3.05, 3.63) is 39.9 Å². The van der Waals surface area contributed by atoms with Crippen LogP contribution in [0.25, 0.3) is 0 Å². The van der Waals surface area contributed by atoms with Gasteiger partial charge >= 0.3 is 6.09 Å². The number of nitro benzene ring substituents is 1. The molecule has 1 amide bonds. The maximum atomic E-state index is 11.7. The van der Waals surface area contributed by atoms with E-state index in [-0.39, 0.29) is 54.3 Å². The van der Waals surface area contributed by atoms with E-state index in [9.17, 15) is 14.9 Å². The SMILES string of the molecule is CCOC(=O)N1CCC(NC(N)=NCc2ccccc2[N+](=O)[O-])CC1.I. The highest BCUT2D eigenvalue weighted by Crippen LogP contribution is 2.18. The Hall–Kier alpha value is -2.11. The van der Waals surface area contributed by atoms with Gasteiger partial charge in [-0.3, -0.25) is 10.1 Å². The molecule has 1 aromatic carbocycles. The van der Waals surface area contributed by atoms with Crippen molar-refractivity contribution in [2.45, 2.75) is 32.4 Å². The van der Waals surface area contributed by atoms with Gasteiger partial charge in [-0.1, -0.05) is 18.2 Å². The molecule has 26 heavy (non-hydrogen) atoms. The largest absolute Gasteiger partial charge is 0.450 e. The Labute approximate surface area is 169 Å². The normalized spacial score (nSPS) is 15.1. The summed E-state index contributed by atoms with van der Waals surface area (Å²) in [5.74, 6) is 0.243. The maximum Gasteiger partial charge on any atom is 0.409 e. The van der Waals surface area contributed by atoms with Crippen molar-refractivity contribution in [2.75, 3.05) is 19.7 Å². The van der Waals surface area contributed by atoms with Crippen molar-refractivity contribution in [3.63, 3.8) is 0 Å². The highest BCUT2D eigenvalue weighted by Gasteiger charge is 2.23. The van der Waals surface area contributed by atoms with Crippen molar-refractivity contribution < 1.29 is 14.5 Å². The Kier molecular flexibility index (Phi) is 9.10. The number of nitrogens with two attached hydrogens (primary N) is 1. The average molecular weight is 477 g/mol. The molecule has 1 aliphatic heterocycles. The third kappa shape index (κ3) is 6.32. The maximum absolute atomic E-state index is 11.7. The molecule has 3 N–H and O–H groups in total. The number of aliphatic imine (C=N–C) groups is 1. The molecule has 1 saturated heterocycles. The van der Waals surface area contributed by atoms with Gasteiger partial charge in [0.2, 0.25) is 0 Å². The van der Waals surface area contributed by atoms with Gasteiger partial charge in [0.25, 0.3) is 5.69 Å². The van der Waals surface area contributed by atoms with Gasteiger partial charge in [0.05, 0.1) is 23.6 Å². The van der Waals surface area contributed by atoms with Gasteiger partial charge in [0.15, 0.2) is 5.96 Å². The lowest BCUT2D eigenvalue weighted by Crippen LogP contribution is -2.48. The van der Waals surface area contributed by atoms with Crippen LogP contribution in [-0.2, 0) is 11.3 Å². The molecule has 1 fully saturated rings. The molecule has 0 bridgehead atoms. The van der Waals surface area contributed by atoms with E-state index in [1.165, 1.54) is 6.07 Å². The van der Waals surface area contributed by atoms with Crippen molar-refractivity contribution >= 4 is 41.7 Å². The number of nitro groups is 1. The summed E-state index contributed by atoms with van der Waals surface area (Å²) >= 11 is 0. The molecule has 0 radical (unpaired) electrons. The Morgan fingerprint density at radius 2 is 2.08 bits per heavy atom. The third-order valence-electron chi connectivity index (χ3n) is 3.98. The molecule has 10 heteroatoms. The van der Waals surface area contributed by atoms with Crippen LogP contribution in [0.4, 0.5) is 10.5 Å². The zero-order valence-corrected chi connectivity index (χ0v) is 16.9. The number of carbonyl (C=O) groups is 1. The van der Waals surface area contributed by atoms with Gasteiger partial charge in [-0.25, -0.2) is 9.79 Å². The number of benzene rings is 1. The van der Waals surface area contributed by atoms with Gasteiger partial charge in [0.1, 0.15) is 0 Å². The number of likely N-dealkylation sites (tertiary alicyclic amines) is 1. The number of amides is 1. The van der Waals surface area contributed by atoms with E-state index in [2.05, 4.69) is 10.3 Å². The number of halogens is 1. The number of hydrogen-bond acceptors (Lipinski definition) is 5. The number of carbonyl (C=O) groups excluding carboxylic acids is 1. The minimum atomic E-state index is -0.431. The van der Waals surface area contributed by atoms with Crippen molar-refractivity contribution in [1.82, 2.24) is 10.2 Å². The summed E-state index contributed by atoms with van der Waals surface area (Å²) in [7, 11) is 0. The van der Waals surface area contributed by atoms with Crippen LogP contribution in [0.3, 0.4) is 0 Å². The second kappa shape index (κ2) is 10.8. The standard InChI is InChI=1S/C16H23N5O4.HI/c1-2-25-16(22)20-9-7-13(8-10-20)19-15(17)18-11-12-5-3-4-6-14(12)21(23)24;/h3-6,13H,2,7-11H2,1H3,(H3,17,18,19);1H. The summed E-state index contributed by atoms with van der Waals surface area (Å²) in [6.45, 7) is 3.46. The molecule has 0 unspecified atom stereocenters. The van der Waals surface area contributed by atoms with E-state index in [1.807, 2.05) is 0 Å².